The molecular weight excluding hydrogens is 176 g/mol. The van der Waals surface area contributed by atoms with Crippen LogP contribution in [0.25, 0.3) is 5.70 Å². The molecule has 0 fully saturated rings. The van der Waals surface area contributed by atoms with Crippen molar-refractivity contribution in [2.45, 2.75) is 6.42 Å². The molecule has 0 bridgehead atoms. The Bertz CT molecular complexity index is 347. The molecule has 14 heavy (non-hydrogen) atoms. The Kier molecular flexibility index (Phi) is 4.14. The molecule has 0 aromatic carbocycles. The number of carbonyl (C=O) groups is 1. The van der Waals surface area contributed by atoms with Gasteiger partial charge in [0.25, 0.3) is 0 Å². The minimum absolute atomic E-state index is 0.412. The van der Waals surface area contributed by atoms with Crippen LogP contribution in [-0.2, 0) is 4.79 Å². The second-order valence-corrected chi connectivity index (χ2v) is 2.58. The molecule has 0 atom stereocenters. The highest BCUT2D eigenvalue weighted by atomic mass is 16.1. The van der Waals surface area contributed by atoms with Crippen molar-refractivity contribution in [3.05, 3.63) is 49.3 Å². The van der Waals surface area contributed by atoms with Gasteiger partial charge in [-0.05, 0) is 18.2 Å². The van der Waals surface area contributed by atoms with E-state index >= 15 is 0 Å². The van der Waals surface area contributed by atoms with Crippen molar-refractivity contribution in [2.75, 3.05) is 0 Å². The predicted molar refractivity (Wildman–Crippen MR) is 56.5 cm³/mol. The van der Waals surface area contributed by atoms with E-state index in [-0.39, 0.29) is 0 Å². The molecule has 0 amide bonds. The highest BCUT2D eigenvalue weighted by molar-refractivity contribution is 5.60. The second-order valence-electron chi connectivity index (χ2n) is 2.58. The molecule has 0 N–H and O–H groups in total. The Labute approximate surface area is 83.1 Å². The topological polar surface area (TPSA) is 34.9 Å². The highest BCUT2D eigenvalue weighted by Gasteiger charge is 1.93. The highest BCUT2D eigenvalue weighted by Crippen LogP contribution is 2.04. The summed E-state index contributed by atoms with van der Waals surface area (Å²) in [6.45, 7) is 3.62. The molecule has 0 aliphatic heterocycles. The Morgan fingerprint density at radius 1 is 1.57 bits per heavy atom. The van der Waals surface area contributed by atoms with E-state index in [1.54, 1.807) is 23.0 Å². The van der Waals surface area contributed by atoms with Crippen molar-refractivity contribution in [2.24, 2.45) is 0 Å². The molecule has 1 aromatic heterocycles. The number of carbonyl (C=O) groups excluding carboxylic acids is 1. The van der Waals surface area contributed by atoms with Gasteiger partial charge < -0.3 is 4.79 Å². The number of nitrogens with zero attached hydrogens (tertiary/aromatic N) is 2. The van der Waals surface area contributed by atoms with Gasteiger partial charge in [0.05, 0.1) is 5.70 Å². The molecule has 0 radical (unpaired) electrons. The maximum absolute atomic E-state index is 10.1. The zero-order valence-corrected chi connectivity index (χ0v) is 7.84. The molecular formula is C11H12N2O. The van der Waals surface area contributed by atoms with E-state index in [1.165, 1.54) is 0 Å². The summed E-state index contributed by atoms with van der Waals surface area (Å²) in [4.78, 5) is 10.1. The van der Waals surface area contributed by atoms with Crippen molar-refractivity contribution in [3.8, 4) is 0 Å². The van der Waals surface area contributed by atoms with Crippen LogP contribution in [0, 0.1) is 0 Å². The van der Waals surface area contributed by atoms with Crippen molar-refractivity contribution >= 4 is 12.0 Å². The van der Waals surface area contributed by atoms with Crippen LogP contribution in [0.5, 0.6) is 0 Å². The van der Waals surface area contributed by atoms with E-state index in [0.717, 1.165) is 12.0 Å². The first-order valence-corrected chi connectivity index (χ1v) is 4.31. The lowest BCUT2D eigenvalue weighted by atomic mass is 10.3. The van der Waals surface area contributed by atoms with Crippen molar-refractivity contribution < 1.29 is 4.79 Å². The summed E-state index contributed by atoms with van der Waals surface area (Å²) in [5, 5.41) is 4.07. The van der Waals surface area contributed by atoms with Crippen LogP contribution < -0.4 is 0 Å². The maximum Gasteiger partial charge on any atom is 0.123 e. The Morgan fingerprint density at radius 2 is 2.43 bits per heavy atom. The SMILES string of the molecule is C=C/C=C(\C=C/CC=O)n1cccn1. The Morgan fingerprint density at radius 3 is 3.00 bits per heavy atom. The second kappa shape index (κ2) is 5.70. The summed E-state index contributed by atoms with van der Waals surface area (Å²) in [6, 6.07) is 1.84. The van der Waals surface area contributed by atoms with Crippen LogP contribution in [0.1, 0.15) is 6.42 Å². The molecule has 72 valence electrons. The van der Waals surface area contributed by atoms with Gasteiger partial charge in [-0.15, -0.1) is 0 Å². The number of hydrogen-bond donors (Lipinski definition) is 0. The first-order chi connectivity index (χ1) is 6.88. The van der Waals surface area contributed by atoms with E-state index in [1.807, 2.05) is 24.4 Å². The van der Waals surface area contributed by atoms with E-state index < -0.39 is 0 Å². The van der Waals surface area contributed by atoms with Crippen molar-refractivity contribution in [1.29, 1.82) is 0 Å². The minimum Gasteiger partial charge on any atom is -0.303 e. The first kappa shape index (κ1) is 10.2. The lowest BCUT2D eigenvalue weighted by Crippen LogP contribution is -1.94. The molecule has 3 heteroatoms. The van der Waals surface area contributed by atoms with Gasteiger partial charge in [-0.3, -0.25) is 0 Å². The Hall–Kier alpha value is -1.90. The lowest BCUT2D eigenvalue weighted by Gasteiger charge is -1.99. The fourth-order valence-electron chi connectivity index (χ4n) is 0.995. The third-order valence-electron chi connectivity index (χ3n) is 1.58. The van der Waals surface area contributed by atoms with Crippen LogP contribution in [-0.4, -0.2) is 16.1 Å². The maximum atomic E-state index is 10.1. The molecule has 1 aromatic rings. The molecule has 0 aliphatic rings. The van der Waals surface area contributed by atoms with Gasteiger partial charge in [0.1, 0.15) is 6.29 Å². The van der Waals surface area contributed by atoms with Gasteiger partial charge in [-0.2, -0.15) is 5.10 Å². The van der Waals surface area contributed by atoms with E-state index in [0.29, 0.717) is 6.42 Å². The molecule has 0 saturated heterocycles. The van der Waals surface area contributed by atoms with Crippen LogP contribution in [0.4, 0.5) is 0 Å². The summed E-state index contributed by atoms with van der Waals surface area (Å²) in [5.41, 5.74) is 0.881. The number of allylic oxidation sites excluding steroid dienone is 5. The first-order valence-electron chi connectivity index (χ1n) is 4.31. The summed E-state index contributed by atoms with van der Waals surface area (Å²) in [7, 11) is 0. The number of rotatable bonds is 5. The standard InChI is InChI=1S/C11H12N2O/c1-2-6-11(7-3-4-10-14)13-9-5-8-12-13/h2-3,5-10H,1,4H2/b7-3-,11-6+. The molecule has 1 heterocycles. The molecule has 0 saturated carbocycles. The third kappa shape index (κ3) is 2.86. The zero-order valence-electron chi connectivity index (χ0n) is 7.84. The van der Waals surface area contributed by atoms with Gasteiger partial charge in [0, 0.05) is 18.8 Å². The van der Waals surface area contributed by atoms with Crippen LogP contribution in [0.2, 0.25) is 0 Å². The quantitative estimate of drug-likeness (QED) is 0.523. The number of aldehydes is 1. The third-order valence-corrected chi connectivity index (χ3v) is 1.58. The molecule has 3 nitrogen and oxygen atoms in total. The minimum atomic E-state index is 0.412. The molecule has 0 aliphatic carbocycles. The van der Waals surface area contributed by atoms with Gasteiger partial charge in [0.2, 0.25) is 0 Å². The average molecular weight is 188 g/mol. The van der Waals surface area contributed by atoms with Gasteiger partial charge in [-0.25, -0.2) is 4.68 Å². The predicted octanol–water partition coefficient (Wildman–Crippen LogP) is 2.06. The zero-order chi connectivity index (χ0) is 10.2. The smallest absolute Gasteiger partial charge is 0.123 e. The normalized spacial score (nSPS) is 11.9. The van der Waals surface area contributed by atoms with Gasteiger partial charge in [0.15, 0.2) is 0 Å². The summed E-state index contributed by atoms with van der Waals surface area (Å²) in [5.74, 6) is 0. The van der Waals surface area contributed by atoms with E-state index in [2.05, 4.69) is 11.7 Å². The summed E-state index contributed by atoms with van der Waals surface area (Å²) >= 11 is 0. The lowest BCUT2D eigenvalue weighted by molar-refractivity contribution is -0.107. The average Bonchev–Trinajstić information content (AvgIpc) is 2.70. The summed E-state index contributed by atoms with van der Waals surface area (Å²) in [6.07, 6.45) is 11.9. The summed E-state index contributed by atoms with van der Waals surface area (Å²) < 4.78 is 1.71. The van der Waals surface area contributed by atoms with E-state index in [9.17, 15) is 4.79 Å². The largest absolute Gasteiger partial charge is 0.303 e. The van der Waals surface area contributed by atoms with Gasteiger partial charge in [-0.1, -0.05) is 18.7 Å². The Balaban J connectivity index is 2.81. The van der Waals surface area contributed by atoms with Crippen molar-refractivity contribution in [3.63, 3.8) is 0 Å². The fourth-order valence-corrected chi connectivity index (χ4v) is 0.995. The number of aromatic nitrogens is 2. The van der Waals surface area contributed by atoms with Crippen LogP contribution >= 0.6 is 0 Å². The number of hydrogen-bond acceptors (Lipinski definition) is 2. The van der Waals surface area contributed by atoms with E-state index in [4.69, 9.17) is 0 Å². The molecule has 1 rings (SSSR count). The molecule has 0 spiro atoms. The van der Waals surface area contributed by atoms with Crippen molar-refractivity contribution in [1.82, 2.24) is 9.78 Å². The monoisotopic (exact) mass is 188 g/mol. The van der Waals surface area contributed by atoms with Crippen LogP contribution in [0.15, 0.2) is 49.3 Å². The van der Waals surface area contributed by atoms with Crippen LogP contribution in [0.3, 0.4) is 0 Å². The van der Waals surface area contributed by atoms with Gasteiger partial charge >= 0.3 is 0 Å². The fraction of sp³-hybridized carbons (Fsp3) is 0.0909. The molecule has 0 unspecified atom stereocenters.